The number of aromatic nitrogens is 1. The molecule has 3 saturated carbocycles. The Hall–Kier alpha value is -2.06. The van der Waals surface area contributed by atoms with Crippen LogP contribution in [0.4, 0.5) is 0 Å². The Balaban J connectivity index is 1.48. The predicted molar refractivity (Wildman–Crippen MR) is 109 cm³/mol. The van der Waals surface area contributed by atoms with E-state index in [4.69, 9.17) is 21.4 Å². The van der Waals surface area contributed by atoms with Crippen LogP contribution in [0, 0.1) is 40.9 Å². The summed E-state index contributed by atoms with van der Waals surface area (Å²) in [6.07, 6.45) is 17.3. The molecule has 29 heavy (non-hydrogen) atoms. The highest BCUT2D eigenvalue weighted by Crippen LogP contribution is 2.68. The quantitative estimate of drug-likeness (QED) is 0.611. The second-order valence-corrected chi connectivity index (χ2v) is 10.0. The fourth-order valence-electron chi connectivity index (χ4n) is 7.55. The molecule has 0 spiro atoms. The average molecular weight is 395 g/mol. The van der Waals surface area contributed by atoms with E-state index in [-0.39, 0.29) is 23.3 Å². The molecule has 4 aliphatic rings. The van der Waals surface area contributed by atoms with Crippen LogP contribution in [0.2, 0.25) is 0 Å². The minimum atomic E-state index is -0.815. The van der Waals surface area contributed by atoms with E-state index in [9.17, 15) is 4.79 Å². The Morgan fingerprint density at radius 3 is 2.90 bits per heavy atom. The molecule has 0 bridgehead atoms. The lowest BCUT2D eigenvalue weighted by molar-refractivity contribution is -0.169. The summed E-state index contributed by atoms with van der Waals surface area (Å²) in [7, 11) is 0. The molecule has 6 atom stereocenters. The first-order valence-corrected chi connectivity index (χ1v) is 10.9. The highest BCUT2D eigenvalue weighted by Gasteiger charge is 2.65. The van der Waals surface area contributed by atoms with E-state index in [0.717, 1.165) is 44.3 Å². The molecule has 3 fully saturated rings. The average Bonchev–Trinajstić information content (AvgIpc) is 3.27. The molecule has 2 N–H and O–H groups in total. The third-order valence-electron chi connectivity index (χ3n) is 9.08. The van der Waals surface area contributed by atoms with Crippen LogP contribution in [-0.4, -0.2) is 23.3 Å². The van der Waals surface area contributed by atoms with Crippen LogP contribution in [0.25, 0.3) is 6.08 Å². The van der Waals surface area contributed by atoms with Gasteiger partial charge in [-0.2, -0.15) is 0 Å². The van der Waals surface area contributed by atoms with Crippen LogP contribution >= 0.6 is 0 Å². The predicted octanol–water partition coefficient (Wildman–Crippen LogP) is 3.73. The second-order valence-electron chi connectivity index (χ2n) is 10.0. The van der Waals surface area contributed by atoms with Gasteiger partial charge in [-0.25, -0.2) is 0 Å². The maximum Gasteiger partial charge on any atom is 0.321 e. The third kappa shape index (κ3) is 2.39. The monoisotopic (exact) mass is 394 g/mol. The number of allylic oxidation sites excluding steroid dienone is 1. The van der Waals surface area contributed by atoms with Crippen LogP contribution < -0.4 is 5.73 Å². The maximum atomic E-state index is 12.1. The van der Waals surface area contributed by atoms with Crippen LogP contribution in [0.1, 0.15) is 63.7 Å². The van der Waals surface area contributed by atoms with Crippen molar-refractivity contribution in [2.24, 2.45) is 34.3 Å². The number of esters is 1. The maximum absolute atomic E-state index is 12.1. The van der Waals surface area contributed by atoms with Gasteiger partial charge in [-0.05, 0) is 74.2 Å². The van der Waals surface area contributed by atoms with Crippen LogP contribution in [0.15, 0.2) is 16.3 Å². The van der Waals surface area contributed by atoms with Gasteiger partial charge in [-0.1, -0.05) is 30.5 Å². The molecule has 4 aliphatic carbocycles. The largest absolute Gasteiger partial charge is 0.444 e. The third-order valence-corrected chi connectivity index (χ3v) is 9.08. The zero-order valence-electron chi connectivity index (χ0n) is 17.4. The molecule has 0 amide bonds. The number of rotatable bonds is 2. The fraction of sp³-hybridized carbons (Fsp3) is 0.667. The number of fused-ring (bicyclic) bond motifs is 6. The van der Waals surface area contributed by atoms with Gasteiger partial charge in [-0.3, -0.25) is 4.79 Å². The first-order chi connectivity index (χ1) is 13.9. The number of ether oxygens (including phenoxy) is 1. The van der Waals surface area contributed by atoms with Gasteiger partial charge in [0.1, 0.15) is 0 Å². The molecule has 1 aromatic rings. The van der Waals surface area contributed by atoms with Gasteiger partial charge in [-0.15, -0.1) is 6.42 Å². The summed E-state index contributed by atoms with van der Waals surface area (Å²) >= 11 is 0. The number of hydrogen-bond acceptors (Lipinski definition) is 5. The van der Waals surface area contributed by atoms with Gasteiger partial charge in [0.25, 0.3) is 0 Å². The normalized spacial score (nSPS) is 42.6. The van der Waals surface area contributed by atoms with E-state index in [1.807, 2.05) is 6.20 Å². The van der Waals surface area contributed by atoms with Crippen molar-refractivity contribution in [3.05, 3.63) is 23.1 Å². The standard InChI is InChI=1S/C24H30N2O3/c1-4-24(28-21(27)13-25)10-8-19-17-6-5-16-11-20-15(14-26-29-20)12-22(16,2)18(17)7-9-23(19,24)3/h1,11,14,17-19H,5-10,12-13,25H2,2-3H3/t17?,18-,19-,22-,23-,24-/m0/s1. The minimum Gasteiger partial charge on any atom is -0.444 e. The van der Waals surface area contributed by atoms with E-state index in [1.165, 1.54) is 17.6 Å². The van der Waals surface area contributed by atoms with Crippen molar-refractivity contribution in [2.45, 2.75) is 64.4 Å². The molecular weight excluding hydrogens is 364 g/mol. The topological polar surface area (TPSA) is 78.4 Å². The van der Waals surface area contributed by atoms with Gasteiger partial charge in [0.2, 0.25) is 0 Å². The number of nitrogens with two attached hydrogens (primary N) is 1. The molecule has 5 heteroatoms. The molecule has 1 unspecified atom stereocenters. The highest BCUT2D eigenvalue weighted by molar-refractivity contribution is 5.72. The number of carbonyl (C=O) groups excluding carboxylic acids is 1. The molecule has 5 rings (SSSR count). The summed E-state index contributed by atoms with van der Waals surface area (Å²) in [5, 5.41) is 4.03. The first kappa shape index (κ1) is 18.9. The van der Waals surface area contributed by atoms with Gasteiger partial charge in [0, 0.05) is 11.0 Å². The van der Waals surface area contributed by atoms with Gasteiger partial charge in [0.15, 0.2) is 11.4 Å². The van der Waals surface area contributed by atoms with Crippen molar-refractivity contribution in [3.63, 3.8) is 0 Å². The summed E-state index contributed by atoms with van der Waals surface area (Å²) in [6.45, 7) is 4.58. The molecule has 0 aliphatic heterocycles. The Morgan fingerprint density at radius 1 is 1.34 bits per heavy atom. The van der Waals surface area contributed by atoms with Gasteiger partial charge >= 0.3 is 5.97 Å². The summed E-state index contributed by atoms with van der Waals surface area (Å²) in [5.41, 5.74) is 7.44. The number of terminal acetylenes is 1. The number of nitrogens with zero attached hydrogens (tertiary/aromatic N) is 1. The van der Waals surface area contributed by atoms with Gasteiger partial charge < -0.3 is 15.0 Å². The lowest BCUT2D eigenvalue weighted by Gasteiger charge is -2.58. The summed E-state index contributed by atoms with van der Waals surface area (Å²) < 4.78 is 11.3. The van der Waals surface area contributed by atoms with Crippen LogP contribution in [0.5, 0.6) is 0 Å². The molecule has 0 radical (unpaired) electrons. The first-order valence-electron chi connectivity index (χ1n) is 10.9. The Bertz CT molecular complexity index is 927. The van der Waals surface area contributed by atoms with Crippen molar-refractivity contribution in [1.82, 2.24) is 5.16 Å². The Labute approximate surface area is 172 Å². The molecule has 1 aromatic heterocycles. The van der Waals surface area contributed by atoms with E-state index in [0.29, 0.717) is 17.8 Å². The van der Waals surface area contributed by atoms with Crippen molar-refractivity contribution in [3.8, 4) is 12.3 Å². The molecule has 5 nitrogen and oxygen atoms in total. The number of carbonyl (C=O) groups is 1. The second kappa shape index (κ2) is 6.22. The van der Waals surface area contributed by atoms with Gasteiger partial charge in [0.05, 0.1) is 12.7 Å². The highest BCUT2D eigenvalue weighted by atomic mass is 16.6. The zero-order valence-corrected chi connectivity index (χ0v) is 17.4. The van der Waals surface area contributed by atoms with E-state index >= 15 is 0 Å². The molecule has 0 aromatic carbocycles. The van der Waals surface area contributed by atoms with Crippen molar-refractivity contribution in [2.75, 3.05) is 6.54 Å². The van der Waals surface area contributed by atoms with E-state index < -0.39 is 5.60 Å². The van der Waals surface area contributed by atoms with Crippen LogP contribution in [0.3, 0.4) is 0 Å². The molecule has 0 saturated heterocycles. The zero-order chi connectivity index (χ0) is 20.4. The van der Waals surface area contributed by atoms with E-state index in [1.54, 1.807) is 0 Å². The fourth-order valence-corrected chi connectivity index (χ4v) is 7.55. The smallest absolute Gasteiger partial charge is 0.321 e. The Kier molecular flexibility index (Phi) is 4.06. The summed E-state index contributed by atoms with van der Waals surface area (Å²) in [4.78, 5) is 12.1. The van der Waals surface area contributed by atoms with Crippen molar-refractivity contribution in [1.29, 1.82) is 0 Å². The van der Waals surface area contributed by atoms with Crippen LogP contribution in [-0.2, 0) is 16.0 Å². The molecule has 1 heterocycles. The van der Waals surface area contributed by atoms with E-state index in [2.05, 4.69) is 31.0 Å². The summed E-state index contributed by atoms with van der Waals surface area (Å²) in [5.74, 6) is 5.17. The Morgan fingerprint density at radius 2 is 2.14 bits per heavy atom. The van der Waals surface area contributed by atoms with Crippen molar-refractivity contribution < 1.29 is 14.1 Å². The lowest BCUT2D eigenvalue weighted by atomic mass is 9.46. The van der Waals surface area contributed by atoms with Crippen molar-refractivity contribution >= 4 is 12.0 Å². The molecule has 154 valence electrons. The SMILES string of the molecule is C#C[C@]1(OC(=O)CN)CC[C@H]2C3CCC4=Cc5oncc5C[C@]4(C)[C@H]3CC[C@@]21C. The minimum absolute atomic E-state index is 0.122. The summed E-state index contributed by atoms with van der Waals surface area (Å²) in [6, 6.07) is 0. The number of hydrogen-bond donors (Lipinski definition) is 1. The molecular formula is C24H30N2O3. The lowest BCUT2D eigenvalue weighted by Crippen LogP contribution is -2.56.